The minimum atomic E-state index is -0.793. The van der Waals surface area contributed by atoms with Crippen LogP contribution in [0.5, 0.6) is 0 Å². The van der Waals surface area contributed by atoms with E-state index >= 15 is 0 Å². The van der Waals surface area contributed by atoms with Crippen LogP contribution in [-0.2, 0) is 28.6 Å². The maximum atomic E-state index is 12.8. The highest BCUT2D eigenvalue weighted by molar-refractivity contribution is 5.71. The zero-order valence-corrected chi connectivity index (χ0v) is 40.6. The summed E-state index contributed by atoms with van der Waals surface area (Å²) in [5.41, 5.74) is 0. The van der Waals surface area contributed by atoms with Crippen molar-refractivity contribution in [2.75, 3.05) is 13.2 Å². The Morgan fingerprint density at radius 3 is 1.00 bits per heavy atom. The highest BCUT2D eigenvalue weighted by atomic mass is 16.6. The second kappa shape index (κ2) is 50.5. The number of esters is 3. The smallest absolute Gasteiger partial charge is 0.306 e. The lowest BCUT2D eigenvalue weighted by atomic mass is 10.1. The Morgan fingerprint density at radius 2 is 0.597 bits per heavy atom. The standard InChI is InChI=1S/C56H96O6/c1-4-7-10-13-16-19-22-24-26-27-28-29-30-32-34-37-40-43-46-49-55(58)61-52-53(51-60-54(57)48-45-42-39-36-33-21-18-15-12-9-6-3)62-56(59)50-47-44-41-38-35-31-25-23-20-17-14-11-8-5-2/h14,16-17,19,23-26,28-29,32,34,53H,4-13,15,18,20-22,27,30-31,33,35-52H2,1-3H3/b17-14-,19-16-,25-23-,26-24-,29-28-,34-32-/t53-/m1/s1. The second-order valence-corrected chi connectivity index (χ2v) is 17.1. The molecule has 356 valence electrons. The van der Waals surface area contributed by atoms with Crippen LogP contribution in [0.25, 0.3) is 0 Å². The van der Waals surface area contributed by atoms with E-state index in [2.05, 4.69) is 93.7 Å². The molecule has 0 spiro atoms. The third-order valence-corrected chi connectivity index (χ3v) is 10.9. The summed E-state index contributed by atoms with van der Waals surface area (Å²) < 4.78 is 16.7. The third-order valence-electron chi connectivity index (χ3n) is 10.9. The fraction of sp³-hybridized carbons (Fsp3) is 0.732. The monoisotopic (exact) mass is 865 g/mol. The third kappa shape index (κ3) is 47.9. The fourth-order valence-electron chi connectivity index (χ4n) is 6.97. The van der Waals surface area contributed by atoms with Crippen molar-refractivity contribution in [3.8, 4) is 0 Å². The Kier molecular flexibility index (Phi) is 47.9. The number of ether oxygens (including phenoxy) is 3. The molecule has 0 fully saturated rings. The largest absolute Gasteiger partial charge is 0.462 e. The summed E-state index contributed by atoms with van der Waals surface area (Å²) in [4.78, 5) is 37.9. The molecular formula is C56H96O6. The summed E-state index contributed by atoms with van der Waals surface area (Å²) in [6, 6.07) is 0. The molecule has 0 saturated heterocycles. The SMILES string of the molecule is CCCC/C=C\C/C=C\CCCCCCCC(=O)O[C@@H](COC(=O)CCCCC/C=C\C/C=C\C/C=C\C/C=C\CCCCC)COC(=O)CCCCCCCCCCCCC. The van der Waals surface area contributed by atoms with Crippen molar-refractivity contribution < 1.29 is 28.6 Å². The molecule has 0 saturated carbocycles. The van der Waals surface area contributed by atoms with Crippen LogP contribution in [0.2, 0.25) is 0 Å². The van der Waals surface area contributed by atoms with Crippen LogP contribution < -0.4 is 0 Å². The van der Waals surface area contributed by atoms with E-state index in [0.29, 0.717) is 19.3 Å². The van der Waals surface area contributed by atoms with Gasteiger partial charge in [0.2, 0.25) is 0 Å². The normalized spacial score (nSPS) is 12.6. The lowest BCUT2D eigenvalue weighted by molar-refractivity contribution is -0.167. The van der Waals surface area contributed by atoms with E-state index in [0.717, 1.165) is 109 Å². The van der Waals surface area contributed by atoms with Gasteiger partial charge in [-0.3, -0.25) is 14.4 Å². The predicted molar refractivity (Wildman–Crippen MR) is 265 cm³/mol. The van der Waals surface area contributed by atoms with Crippen molar-refractivity contribution in [3.63, 3.8) is 0 Å². The van der Waals surface area contributed by atoms with Gasteiger partial charge in [-0.2, -0.15) is 0 Å². The summed E-state index contributed by atoms with van der Waals surface area (Å²) in [5.74, 6) is -0.936. The van der Waals surface area contributed by atoms with Crippen LogP contribution in [0.3, 0.4) is 0 Å². The molecule has 0 aliphatic carbocycles. The quantitative estimate of drug-likeness (QED) is 0.0262. The first kappa shape index (κ1) is 58.9. The molecule has 6 heteroatoms. The number of carbonyl (C=O) groups is 3. The van der Waals surface area contributed by atoms with Gasteiger partial charge in [-0.1, -0.05) is 209 Å². The summed E-state index contributed by atoms with van der Waals surface area (Å²) >= 11 is 0. The molecule has 0 unspecified atom stereocenters. The molecule has 0 amide bonds. The van der Waals surface area contributed by atoms with Crippen LogP contribution in [0.1, 0.15) is 245 Å². The Balaban J connectivity index is 4.43. The molecule has 6 nitrogen and oxygen atoms in total. The minimum Gasteiger partial charge on any atom is -0.462 e. The van der Waals surface area contributed by atoms with Crippen LogP contribution in [-0.4, -0.2) is 37.2 Å². The van der Waals surface area contributed by atoms with Gasteiger partial charge in [0.1, 0.15) is 13.2 Å². The van der Waals surface area contributed by atoms with Crippen molar-refractivity contribution in [2.24, 2.45) is 0 Å². The van der Waals surface area contributed by atoms with Crippen molar-refractivity contribution in [3.05, 3.63) is 72.9 Å². The van der Waals surface area contributed by atoms with Crippen molar-refractivity contribution in [2.45, 2.75) is 252 Å². The molecule has 0 radical (unpaired) electrons. The van der Waals surface area contributed by atoms with E-state index in [1.807, 2.05) is 0 Å². The summed E-state index contributed by atoms with van der Waals surface area (Å²) in [5, 5.41) is 0. The van der Waals surface area contributed by atoms with E-state index < -0.39 is 6.10 Å². The summed E-state index contributed by atoms with van der Waals surface area (Å²) in [7, 11) is 0. The first-order valence-corrected chi connectivity index (χ1v) is 25.9. The molecule has 0 aromatic carbocycles. The number of hydrogen-bond donors (Lipinski definition) is 0. The van der Waals surface area contributed by atoms with E-state index in [4.69, 9.17) is 14.2 Å². The van der Waals surface area contributed by atoms with Gasteiger partial charge in [0.25, 0.3) is 0 Å². The number of rotatable bonds is 46. The first-order chi connectivity index (χ1) is 30.5. The van der Waals surface area contributed by atoms with Gasteiger partial charge < -0.3 is 14.2 Å². The molecule has 0 aromatic heterocycles. The van der Waals surface area contributed by atoms with Gasteiger partial charge in [-0.25, -0.2) is 0 Å². The van der Waals surface area contributed by atoms with Gasteiger partial charge >= 0.3 is 17.9 Å². The predicted octanol–water partition coefficient (Wildman–Crippen LogP) is 17.0. The average Bonchev–Trinajstić information content (AvgIpc) is 3.27. The zero-order valence-electron chi connectivity index (χ0n) is 40.6. The van der Waals surface area contributed by atoms with Gasteiger partial charge in [-0.05, 0) is 89.9 Å². The summed E-state index contributed by atoms with van der Waals surface area (Å²) in [6.45, 7) is 6.52. The van der Waals surface area contributed by atoms with Gasteiger partial charge in [0.15, 0.2) is 6.10 Å². The lowest BCUT2D eigenvalue weighted by Crippen LogP contribution is -2.30. The molecule has 0 aliphatic rings. The first-order valence-electron chi connectivity index (χ1n) is 25.9. The maximum absolute atomic E-state index is 12.8. The van der Waals surface area contributed by atoms with E-state index in [1.165, 1.54) is 96.3 Å². The summed E-state index contributed by atoms with van der Waals surface area (Å²) in [6.07, 6.45) is 63.1. The Labute approximate surface area is 382 Å². The highest BCUT2D eigenvalue weighted by Crippen LogP contribution is 2.14. The molecule has 0 heterocycles. The Morgan fingerprint density at radius 1 is 0.323 bits per heavy atom. The number of unbranched alkanes of at least 4 members (excludes halogenated alkanes) is 23. The molecule has 62 heavy (non-hydrogen) atoms. The van der Waals surface area contributed by atoms with Gasteiger partial charge in [0.05, 0.1) is 0 Å². The van der Waals surface area contributed by atoms with Crippen LogP contribution >= 0.6 is 0 Å². The topological polar surface area (TPSA) is 78.9 Å². The Hall–Kier alpha value is -3.15. The second-order valence-electron chi connectivity index (χ2n) is 17.1. The minimum absolute atomic E-state index is 0.0903. The average molecular weight is 865 g/mol. The maximum Gasteiger partial charge on any atom is 0.306 e. The number of carbonyl (C=O) groups excluding carboxylic acids is 3. The van der Waals surface area contributed by atoms with E-state index in [1.54, 1.807) is 0 Å². The van der Waals surface area contributed by atoms with Gasteiger partial charge in [-0.15, -0.1) is 0 Å². The van der Waals surface area contributed by atoms with Crippen LogP contribution in [0.4, 0.5) is 0 Å². The van der Waals surface area contributed by atoms with Crippen LogP contribution in [0.15, 0.2) is 72.9 Å². The van der Waals surface area contributed by atoms with Gasteiger partial charge in [0, 0.05) is 19.3 Å². The Bertz CT molecular complexity index is 1180. The van der Waals surface area contributed by atoms with Crippen molar-refractivity contribution in [1.82, 2.24) is 0 Å². The molecule has 0 aromatic rings. The molecule has 0 bridgehead atoms. The van der Waals surface area contributed by atoms with Crippen LogP contribution in [0, 0.1) is 0 Å². The van der Waals surface area contributed by atoms with E-state index in [-0.39, 0.29) is 31.1 Å². The molecular weight excluding hydrogens is 769 g/mol. The highest BCUT2D eigenvalue weighted by Gasteiger charge is 2.19. The lowest BCUT2D eigenvalue weighted by Gasteiger charge is -2.18. The van der Waals surface area contributed by atoms with Crippen molar-refractivity contribution >= 4 is 17.9 Å². The molecule has 0 aliphatic heterocycles. The molecule has 0 rings (SSSR count). The molecule has 1 atom stereocenters. The van der Waals surface area contributed by atoms with E-state index in [9.17, 15) is 14.4 Å². The molecule has 0 N–H and O–H groups in total. The van der Waals surface area contributed by atoms with Crippen molar-refractivity contribution in [1.29, 1.82) is 0 Å². The fourth-order valence-corrected chi connectivity index (χ4v) is 6.97. The number of allylic oxidation sites excluding steroid dienone is 12. The zero-order chi connectivity index (χ0) is 45.1. The number of hydrogen-bond acceptors (Lipinski definition) is 6.